The lowest BCUT2D eigenvalue weighted by Gasteiger charge is -2.42. The summed E-state index contributed by atoms with van der Waals surface area (Å²) in [4.78, 5) is 0.0375. The summed E-state index contributed by atoms with van der Waals surface area (Å²) in [5.74, 6) is -0.00320. The highest BCUT2D eigenvalue weighted by Crippen LogP contribution is 2.31. The standard InChI is InChI=1S/C9H16N4O3S/c1-6-7(8(10)11-12(6)3)17(15,16)13-4-9(2,14)5-13/h14H,4-5H2,1-3H3,(H2,10,11). The first kappa shape index (κ1) is 12.3. The van der Waals surface area contributed by atoms with Crippen molar-refractivity contribution in [1.82, 2.24) is 14.1 Å². The van der Waals surface area contributed by atoms with Crippen molar-refractivity contribution in [3.8, 4) is 0 Å². The first-order chi connectivity index (χ1) is 7.65. The second kappa shape index (κ2) is 3.44. The Kier molecular flexibility index (Phi) is 2.49. The summed E-state index contributed by atoms with van der Waals surface area (Å²) in [5.41, 5.74) is 5.16. The van der Waals surface area contributed by atoms with Gasteiger partial charge in [0.25, 0.3) is 0 Å². The van der Waals surface area contributed by atoms with E-state index in [0.717, 1.165) is 0 Å². The predicted octanol–water partition coefficient (Wildman–Crippen LogP) is -0.934. The molecule has 0 saturated carbocycles. The maximum absolute atomic E-state index is 12.2. The van der Waals surface area contributed by atoms with Crippen molar-refractivity contribution >= 4 is 15.8 Å². The van der Waals surface area contributed by atoms with Crippen LogP contribution in [0.25, 0.3) is 0 Å². The number of aliphatic hydroxyl groups is 1. The Bertz CT molecular complexity index is 553. The van der Waals surface area contributed by atoms with Crippen molar-refractivity contribution in [3.63, 3.8) is 0 Å². The monoisotopic (exact) mass is 260 g/mol. The largest absolute Gasteiger partial charge is 0.387 e. The van der Waals surface area contributed by atoms with Crippen molar-refractivity contribution in [3.05, 3.63) is 5.69 Å². The molecule has 8 heteroatoms. The molecule has 2 heterocycles. The molecule has 0 radical (unpaired) electrons. The van der Waals surface area contributed by atoms with Crippen molar-refractivity contribution in [1.29, 1.82) is 0 Å². The molecule has 0 atom stereocenters. The van der Waals surface area contributed by atoms with Crippen LogP contribution >= 0.6 is 0 Å². The Labute approximate surface area is 99.9 Å². The Morgan fingerprint density at radius 3 is 2.35 bits per heavy atom. The van der Waals surface area contributed by atoms with E-state index >= 15 is 0 Å². The number of hydrogen-bond acceptors (Lipinski definition) is 5. The number of aryl methyl sites for hydroxylation is 1. The molecule has 0 spiro atoms. The molecule has 0 bridgehead atoms. The number of nitrogen functional groups attached to an aromatic ring is 1. The van der Waals surface area contributed by atoms with Gasteiger partial charge in [0.2, 0.25) is 10.0 Å². The minimum Gasteiger partial charge on any atom is -0.387 e. The molecule has 0 aromatic carbocycles. The minimum absolute atomic E-state index is 0.00320. The molecule has 0 aliphatic carbocycles. The van der Waals surface area contributed by atoms with Crippen LogP contribution in [0.2, 0.25) is 0 Å². The fourth-order valence-electron chi connectivity index (χ4n) is 1.95. The van der Waals surface area contributed by atoms with Gasteiger partial charge in [-0.25, -0.2) is 8.42 Å². The fraction of sp³-hybridized carbons (Fsp3) is 0.667. The Hall–Kier alpha value is -1.12. The summed E-state index contributed by atoms with van der Waals surface area (Å²) in [7, 11) is -2.01. The van der Waals surface area contributed by atoms with Gasteiger partial charge in [-0.1, -0.05) is 0 Å². The Balaban J connectivity index is 2.40. The van der Waals surface area contributed by atoms with E-state index in [-0.39, 0.29) is 23.8 Å². The van der Waals surface area contributed by atoms with Gasteiger partial charge in [-0.3, -0.25) is 4.68 Å². The highest BCUT2D eigenvalue weighted by atomic mass is 32.2. The zero-order chi connectivity index (χ0) is 13.0. The van der Waals surface area contributed by atoms with Gasteiger partial charge in [0.1, 0.15) is 4.90 Å². The molecular formula is C9H16N4O3S. The van der Waals surface area contributed by atoms with Crippen molar-refractivity contribution in [2.75, 3.05) is 18.8 Å². The summed E-state index contributed by atoms with van der Waals surface area (Å²) in [6.07, 6.45) is 0. The molecule has 1 aliphatic rings. The van der Waals surface area contributed by atoms with E-state index in [2.05, 4.69) is 5.10 Å². The van der Waals surface area contributed by atoms with Gasteiger partial charge in [0.05, 0.1) is 11.3 Å². The quantitative estimate of drug-likeness (QED) is 0.715. The third kappa shape index (κ3) is 1.81. The average Bonchev–Trinajstić information content (AvgIpc) is 2.37. The lowest BCUT2D eigenvalue weighted by Crippen LogP contribution is -2.61. The first-order valence-electron chi connectivity index (χ1n) is 5.17. The number of nitrogens with zero attached hydrogens (tertiary/aromatic N) is 3. The smallest absolute Gasteiger partial charge is 0.248 e. The highest BCUT2D eigenvalue weighted by molar-refractivity contribution is 7.89. The van der Waals surface area contributed by atoms with Gasteiger partial charge in [-0.05, 0) is 13.8 Å². The van der Waals surface area contributed by atoms with Gasteiger partial charge in [0, 0.05) is 20.1 Å². The third-order valence-electron chi connectivity index (χ3n) is 2.94. The van der Waals surface area contributed by atoms with E-state index in [0.29, 0.717) is 5.69 Å². The molecule has 7 nitrogen and oxygen atoms in total. The van der Waals surface area contributed by atoms with Gasteiger partial charge < -0.3 is 10.8 Å². The van der Waals surface area contributed by atoms with E-state index in [1.807, 2.05) is 0 Å². The third-order valence-corrected chi connectivity index (χ3v) is 4.89. The molecular weight excluding hydrogens is 244 g/mol. The number of sulfonamides is 1. The number of anilines is 1. The van der Waals surface area contributed by atoms with Crippen LogP contribution in [-0.2, 0) is 17.1 Å². The average molecular weight is 260 g/mol. The topological polar surface area (TPSA) is 101 Å². The number of β-amino-alcohol motifs (C(OH)–C–C–N with tert-alkyl or cyclic N) is 1. The van der Waals surface area contributed by atoms with E-state index < -0.39 is 15.6 Å². The second-order valence-electron chi connectivity index (χ2n) is 4.69. The maximum atomic E-state index is 12.2. The highest BCUT2D eigenvalue weighted by Gasteiger charge is 2.45. The van der Waals surface area contributed by atoms with Crippen LogP contribution in [0.1, 0.15) is 12.6 Å². The summed E-state index contributed by atoms with van der Waals surface area (Å²) in [6.45, 7) is 3.42. The van der Waals surface area contributed by atoms with E-state index in [1.54, 1.807) is 20.9 Å². The van der Waals surface area contributed by atoms with Crippen LogP contribution in [0, 0.1) is 6.92 Å². The second-order valence-corrected chi connectivity index (χ2v) is 6.57. The van der Waals surface area contributed by atoms with Gasteiger partial charge in [0.15, 0.2) is 5.82 Å². The van der Waals surface area contributed by atoms with Crippen molar-refractivity contribution in [2.45, 2.75) is 24.3 Å². The number of rotatable bonds is 2. The normalized spacial score (nSPS) is 20.2. The molecule has 1 fully saturated rings. The predicted molar refractivity (Wildman–Crippen MR) is 61.7 cm³/mol. The van der Waals surface area contributed by atoms with Crippen LogP contribution in [0.5, 0.6) is 0 Å². The first-order valence-corrected chi connectivity index (χ1v) is 6.61. The minimum atomic E-state index is -3.65. The molecule has 3 N–H and O–H groups in total. The molecule has 17 heavy (non-hydrogen) atoms. The Morgan fingerprint density at radius 1 is 1.47 bits per heavy atom. The molecule has 1 aromatic heterocycles. The molecule has 2 rings (SSSR count). The number of aromatic nitrogens is 2. The lowest BCUT2D eigenvalue weighted by molar-refractivity contribution is -0.0426. The van der Waals surface area contributed by atoms with E-state index in [9.17, 15) is 13.5 Å². The molecule has 0 unspecified atom stereocenters. The maximum Gasteiger partial charge on any atom is 0.248 e. The zero-order valence-corrected chi connectivity index (χ0v) is 10.8. The van der Waals surface area contributed by atoms with Crippen LogP contribution in [-0.4, -0.2) is 46.3 Å². The SMILES string of the molecule is Cc1c(S(=O)(=O)N2CC(C)(O)C2)c(N)nn1C. The van der Waals surface area contributed by atoms with Gasteiger partial charge >= 0.3 is 0 Å². The molecule has 1 aliphatic heterocycles. The summed E-state index contributed by atoms with van der Waals surface area (Å²) >= 11 is 0. The summed E-state index contributed by atoms with van der Waals surface area (Å²) < 4.78 is 27.1. The van der Waals surface area contributed by atoms with E-state index in [1.165, 1.54) is 8.99 Å². The molecule has 96 valence electrons. The zero-order valence-electron chi connectivity index (χ0n) is 10.0. The van der Waals surface area contributed by atoms with Crippen LogP contribution in [0.15, 0.2) is 4.90 Å². The summed E-state index contributed by atoms with van der Waals surface area (Å²) in [5, 5.41) is 13.5. The van der Waals surface area contributed by atoms with Crippen molar-refractivity contribution < 1.29 is 13.5 Å². The fourth-order valence-corrected chi connectivity index (χ4v) is 3.91. The molecule has 1 aromatic rings. The van der Waals surface area contributed by atoms with Gasteiger partial charge in [-0.2, -0.15) is 9.40 Å². The van der Waals surface area contributed by atoms with Crippen LogP contribution < -0.4 is 5.73 Å². The van der Waals surface area contributed by atoms with Crippen LogP contribution in [0.3, 0.4) is 0 Å². The summed E-state index contributed by atoms with van der Waals surface area (Å²) in [6, 6.07) is 0. The van der Waals surface area contributed by atoms with Gasteiger partial charge in [-0.15, -0.1) is 0 Å². The molecule has 0 amide bonds. The lowest BCUT2D eigenvalue weighted by atomic mass is 10.0. The Morgan fingerprint density at radius 2 is 2.00 bits per heavy atom. The van der Waals surface area contributed by atoms with Crippen LogP contribution in [0.4, 0.5) is 5.82 Å². The van der Waals surface area contributed by atoms with Crippen molar-refractivity contribution in [2.24, 2.45) is 7.05 Å². The molecule has 1 saturated heterocycles. The number of nitrogens with two attached hydrogens (primary N) is 1. The number of hydrogen-bond donors (Lipinski definition) is 2. The van der Waals surface area contributed by atoms with E-state index in [4.69, 9.17) is 5.73 Å².